The number of hydrogen-bond acceptors (Lipinski definition) is 4. The van der Waals surface area contributed by atoms with Crippen molar-refractivity contribution in [3.8, 4) is 0 Å². The minimum atomic E-state index is -0.0626. The molecule has 1 aromatic carbocycles. The van der Waals surface area contributed by atoms with Crippen LogP contribution in [0.15, 0.2) is 36.7 Å². The predicted octanol–water partition coefficient (Wildman–Crippen LogP) is 1.84. The molecule has 0 saturated carbocycles. The average molecular weight is 242 g/mol. The largest absolute Gasteiger partial charge is 0.271 e. The van der Waals surface area contributed by atoms with E-state index in [2.05, 4.69) is 47.4 Å². The van der Waals surface area contributed by atoms with Crippen LogP contribution >= 0.6 is 0 Å². The topological polar surface area (TPSA) is 63.8 Å². The third-order valence-electron chi connectivity index (χ3n) is 2.82. The van der Waals surface area contributed by atoms with Crippen LogP contribution < -0.4 is 11.3 Å². The fraction of sp³-hybridized carbons (Fsp3) is 0.286. The molecule has 0 fully saturated rings. The van der Waals surface area contributed by atoms with Crippen molar-refractivity contribution in [2.24, 2.45) is 5.84 Å². The van der Waals surface area contributed by atoms with Gasteiger partial charge in [0.25, 0.3) is 0 Å². The number of nitrogens with one attached hydrogen (secondary N) is 1. The van der Waals surface area contributed by atoms with E-state index in [-0.39, 0.29) is 6.04 Å². The van der Waals surface area contributed by atoms with Crippen LogP contribution in [-0.4, -0.2) is 9.97 Å². The molecule has 0 amide bonds. The first-order valence-corrected chi connectivity index (χ1v) is 5.99. The highest BCUT2D eigenvalue weighted by Gasteiger charge is 2.13. The molecule has 1 unspecified atom stereocenters. The maximum Gasteiger partial charge on any atom is 0.146 e. The average Bonchev–Trinajstić information content (AvgIpc) is 2.36. The Labute approximate surface area is 107 Å². The number of hydrogen-bond donors (Lipinski definition) is 2. The first kappa shape index (κ1) is 12.7. The summed E-state index contributed by atoms with van der Waals surface area (Å²) in [5.41, 5.74) is 6.54. The van der Waals surface area contributed by atoms with E-state index in [1.165, 1.54) is 16.7 Å². The number of rotatable bonds is 4. The van der Waals surface area contributed by atoms with Crippen LogP contribution in [0, 0.1) is 13.8 Å². The summed E-state index contributed by atoms with van der Waals surface area (Å²) in [6.07, 6.45) is 4.24. The highest BCUT2D eigenvalue weighted by atomic mass is 15.2. The molecule has 18 heavy (non-hydrogen) atoms. The maximum atomic E-state index is 5.60. The fourth-order valence-electron chi connectivity index (χ4n) is 2.14. The zero-order valence-corrected chi connectivity index (χ0v) is 10.7. The van der Waals surface area contributed by atoms with Crippen LogP contribution in [0.5, 0.6) is 0 Å². The molecule has 0 saturated heterocycles. The van der Waals surface area contributed by atoms with Crippen molar-refractivity contribution < 1.29 is 0 Å². The van der Waals surface area contributed by atoms with Gasteiger partial charge in [-0.1, -0.05) is 29.3 Å². The number of benzene rings is 1. The molecular formula is C14H18N4. The lowest BCUT2D eigenvalue weighted by Crippen LogP contribution is -2.31. The Kier molecular flexibility index (Phi) is 4.02. The third-order valence-corrected chi connectivity index (χ3v) is 2.82. The van der Waals surface area contributed by atoms with Crippen molar-refractivity contribution in [2.75, 3.05) is 0 Å². The smallest absolute Gasteiger partial charge is 0.146 e. The van der Waals surface area contributed by atoms with Crippen LogP contribution in [0.4, 0.5) is 0 Å². The number of nitrogens with two attached hydrogens (primary N) is 1. The van der Waals surface area contributed by atoms with Crippen molar-refractivity contribution >= 4 is 0 Å². The molecule has 0 aliphatic heterocycles. The molecule has 1 atom stereocenters. The van der Waals surface area contributed by atoms with Gasteiger partial charge >= 0.3 is 0 Å². The van der Waals surface area contributed by atoms with E-state index < -0.39 is 0 Å². The summed E-state index contributed by atoms with van der Waals surface area (Å²) in [7, 11) is 0. The standard InChI is InChI=1S/C14H18N4/c1-10-6-11(2)8-12(7-10)9-13(18-15)14-16-4-3-5-17-14/h3-8,13,18H,9,15H2,1-2H3. The minimum absolute atomic E-state index is 0.0626. The molecule has 3 N–H and O–H groups in total. The van der Waals surface area contributed by atoms with Crippen molar-refractivity contribution in [1.82, 2.24) is 15.4 Å². The SMILES string of the molecule is Cc1cc(C)cc(CC(NN)c2ncccn2)c1. The molecule has 2 rings (SSSR count). The lowest BCUT2D eigenvalue weighted by atomic mass is 10.0. The third kappa shape index (κ3) is 3.12. The molecule has 0 spiro atoms. The molecule has 4 nitrogen and oxygen atoms in total. The monoisotopic (exact) mass is 242 g/mol. The van der Waals surface area contributed by atoms with Gasteiger partial charge in [0.2, 0.25) is 0 Å². The summed E-state index contributed by atoms with van der Waals surface area (Å²) < 4.78 is 0. The van der Waals surface area contributed by atoms with Crippen molar-refractivity contribution in [1.29, 1.82) is 0 Å². The molecule has 2 aromatic rings. The Hall–Kier alpha value is -1.78. The van der Waals surface area contributed by atoms with Crippen LogP contribution in [0.2, 0.25) is 0 Å². The summed E-state index contributed by atoms with van der Waals surface area (Å²) >= 11 is 0. The van der Waals surface area contributed by atoms with E-state index in [4.69, 9.17) is 5.84 Å². The quantitative estimate of drug-likeness (QED) is 0.634. The van der Waals surface area contributed by atoms with Gasteiger partial charge in [0.1, 0.15) is 5.82 Å². The molecule has 4 heteroatoms. The van der Waals surface area contributed by atoms with E-state index in [0.717, 1.165) is 12.2 Å². The second kappa shape index (κ2) is 5.71. The Morgan fingerprint density at radius 2 is 1.72 bits per heavy atom. The lowest BCUT2D eigenvalue weighted by molar-refractivity contribution is 0.522. The number of aromatic nitrogens is 2. The second-order valence-electron chi connectivity index (χ2n) is 4.53. The summed E-state index contributed by atoms with van der Waals surface area (Å²) in [5.74, 6) is 6.32. The highest BCUT2D eigenvalue weighted by molar-refractivity contribution is 5.29. The van der Waals surface area contributed by atoms with Gasteiger partial charge in [-0.3, -0.25) is 5.84 Å². The van der Waals surface area contributed by atoms with Gasteiger partial charge in [-0.05, 0) is 31.9 Å². The number of aryl methyl sites for hydroxylation is 2. The van der Waals surface area contributed by atoms with Crippen LogP contribution in [0.3, 0.4) is 0 Å². The Bertz CT molecular complexity index is 490. The molecule has 0 radical (unpaired) electrons. The van der Waals surface area contributed by atoms with E-state index >= 15 is 0 Å². The van der Waals surface area contributed by atoms with Crippen molar-refractivity contribution in [3.63, 3.8) is 0 Å². The van der Waals surface area contributed by atoms with Gasteiger partial charge in [0, 0.05) is 12.4 Å². The van der Waals surface area contributed by atoms with Crippen molar-refractivity contribution in [2.45, 2.75) is 26.3 Å². The van der Waals surface area contributed by atoms with Crippen LogP contribution in [0.25, 0.3) is 0 Å². The zero-order chi connectivity index (χ0) is 13.0. The maximum absolute atomic E-state index is 5.60. The second-order valence-corrected chi connectivity index (χ2v) is 4.53. The Morgan fingerprint density at radius 3 is 2.28 bits per heavy atom. The lowest BCUT2D eigenvalue weighted by Gasteiger charge is -2.15. The molecule has 1 heterocycles. The first-order chi connectivity index (χ1) is 8.69. The normalized spacial score (nSPS) is 12.4. The number of nitrogens with zero attached hydrogens (tertiary/aromatic N) is 2. The van der Waals surface area contributed by atoms with Gasteiger partial charge in [0.15, 0.2) is 0 Å². The summed E-state index contributed by atoms with van der Waals surface area (Å²) in [6, 6.07) is 8.23. The van der Waals surface area contributed by atoms with Gasteiger partial charge < -0.3 is 0 Å². The van der Waals surface area contributed by atoms with Crippen LogP contribution in [-0.2, 0) is 6.42 Å². The fourth-order valence-corrected chi connectivity index (χ4v) is 2.14. The molecule has 0 aliphatic carbocycles. The van der Waals surface area contributed by atoms with E-state index in [0.29, 0.717) is 0 Å². The van der Waals surface area contributed by atoms with Crippen molar-refractivity contribution in [3.05, 3.63) is 59.2 Å². The predicted molar refractivity (Wildman–Crippen MR) is 71.7 cm³/mol. The van der Waals surface area contributed by atoms with E-state index in [9.17, 15) is 0 Å². The summed E-state index contributed by atoms with van der Waals surface area (Å²) in [6.45, 7) is 4.20. The molecule has 0 aliphatic rings. The van der Waals surface area contributed by atoms with Gasteiger partial charge in [-0.2, -0.15) is 0 Å². The zero-order valence-electron chi connectivity index (χ0n) is 10.7. The molecule has 0 bridgehead atoms. The van der Waals surface area contributed by atoms with Gasteiger partial charge in [0.05, 0.1) is 6.04 Å². The van der Waals surface area contributed by atoms with E-state index in [1.807, 2.05) is 0 Å². The highest BCUT2D eigenvalue weighted by Crippen LogP contribution is 2.16. The minimum Gasteiger partial charge on any atom is -0.271 e. The molecule has 1 aromatic heterocycles. The van der Waals surface area contributed by atoms with E-state index in [1.54, 1.807) is 18.5 Å². The summed E-state index contributed by atoms with van der Waals surface area (Å²) in [5, 5.41) is 0. The van der Waals surface area contributed by atoms with Crippen LogP contribution in [0.1, 0.15) is 28.6 Å². The first-order valence-electron chi connectivity index (χ1n) is 5.99. The Morgan fingerprint density at radius 1 is 1.11 bits per heavy atom. The summed E-state index contributed by atoms with van der Waals surface area (Å²) in [4.78, 5) is 8.47. The van der Waals surface area contributed by atoms with Gasteiger partial charge in [-0.15, -0.1) is 0 Å². The Balaban J connectivity index is 2.20. The van der Waals surface area contributed by atoms with Gasteiger partial charge in [-0.25, -0.2) is 15.4 Å². The molecule has 94 valence electrons. The molecular weight excluding hydrogens is 224 g/mol. The number of hydrazine groups is 1.